The Hall–Kier alpha value is -3.32. The number of hydrogen-bond acceptors (Lipinski definition) is 5. The van der Waals surface area contributed by atoms with E-state index >= 15 is 0 Å². The van der Waals surface area contributed by atoms with Crippen molar-refractivity contribution < 1.29 is 9.53 Å². The molecule has 0 unspecified atom stereocenters. The van der Waals surface area contributed by atoms with E-state index in [1.165, 1.54) is 17.3 Å². The van der Waals surface area contributed by atoms with Crippen LogP contribution in [0.2, 0.25) is 0 Å². The summed E-state index contributed by atoms with van der Waals surface area (Å²) in [6.07, 6.45) is 0. The molecule has 1 aromatic heterocycles. The Balaban J connectivity index is 1.41. The van der Waals surface area contributed by atoms with Gasteiger partial charge in [0.15, 0.2) is 11.0 Å². The number of nitrogens with zero attached hydrogens (tertiary/aromatic N) is 3. The van der Waals surface area contributed by atoms with E-state index in [1.54, 1.807) is 0 Å². The van der Waals surface area contributed by atoms with Crippen molar-refractivity contribution in [1.29, 1.82) is 0 Å². The minimum atomic E-state index is -0.0776. The van der Waals surface area contributed by atoms with Crippen molar-refractivity contribution in [3.63, 3.8) is 0 Å². The van der Waals surface area contributed by atoms with Gasteiger partial charge in [-0.25, -0.2) is 0 Å². The number of benzene rings is 3. The number of aryl methyl sites for hydroxylation is 1. The van der Waals surface area contributed by atoms with Gasteiger partial charge in [-0.05, 0) is 48.4 Å². The number of carbonyl (C=O) groups is 1. The molecule has 3 aromatic carbocycles. The Morgan fingerprint density at radius 1 is 1.09 bits per heavy atom. The van der Waals surface area contributed by atoms with E-state index in [1.807, 2.05) is 54.0 Å². The summed E-state index contributed by atoms with van der Waals surface area (Å²) in [6, 6.07) is 20.2. The summed E-state index contributed by atoms with van der Waals surface area (Å²) >= 11 is 1.38. The number of fused-ring (bicyclic) bond motifs is 1. The second-order valence-corrected chi connectivity index (χ2v) is 9.43. The fourth-order valence-electron chi connectivity index (χ4n) is 3.89. The lowest BCUT2D eigenvalue weighted by Gasteiger charge is -2.15. The molecule has 6 nitrogen and oxygen atoms in total. The van der Waals surface area contributed by atoms with Crippen LogP contribution >= 0.6 is 11.8 Å². The van der Waals surface area contributed by atoms with Crippen LogP contribution in [-0.2, 0) is 17.9 Å². The average molecular weight is 475 g/mol. The van der Waals surface area contributed by atoms with Gasteiger partial charge in [-0.15, -0.1) is 10.2 Å². The number of hydrogen-bond donors (Lipinski definition) is 1. The van der Waals surface area contributed by atoms with E-state index < -0.39 is 0 Å². The normalized spacial score (nSPS) is 11.2. The van der Waals surface area contributed by atoms with Crippen molar-refractivity contribution in [2.45, 2.75) is 51.9 Å². The van der Waals surface area contributed by atoms with E-state index in [0.717, 1.165) is 33.6 Å². The van der Waals surface area contributed by atoms with Crippen LogP contribution in [0.25, 0.3) is 10.8 Å². The minimum Gasteiger partial charge on any atom is -0.485 e. The predicted octanol–water partition coefficient (Wildman–Crippen LogP) is 6.19. The van der Waals surface area contributed by atoms with Crippen molar-refractivity contribution >= 4 is 34.1 Å². The molecular weight excluding hydrogens is 444 g/mol. The highest BCUT2D eigenvalue weighted by molar-refractivity contribution is 7.99. The third kappa shape index (κ3) is 5.42. The number of nitrogens with one attached hydrogen (secondary N) is 1. The summed E-state index contributed by atoms with van der Waals surface area (Å²) in [4.78, 5) is 12.7. The zero-order valence-corrected chi connectivity index (χ0v) is 20.9. The van der Waals surface area contributed by atoms with Crippen LogP contribution in [0, 0.1) is 6.92 Å². The number of amides is 1. The molecule has 7 heteroatoms. The lowest BCUT2D eigenvalue weighted by atomic mass is 10.0. The van der Waals surface area contributed by atoms with Gasteiger partial charge in [-0.1, -0.05) is 74.1 Å². The summed E-state index contributed by atoms with van der Waals surface area (Å²) in [5.74, 6) is 2.16. The van der Waals surface area contributed by atoms with Gasteiger partial charge in [0.25, 0.3) is 0 Å². The first-order valence-electron chi connectivity index (χ1n) is 11.5. The molecule has 34 heavy (non-hydrogen) atoms. The third-order valence-corrected chi connectivity index (χ3v) is 6.62. The third-order valence-electron chi connectivity index (χ3n) is 5.65. The maximum atomic E-state index is 12.7. The second-order valence-electron chi connectivity index (χ2n) is 8.49. The van der Waals surface area contributed by atoms with Crippen molar-refractivity contribution in [1.82, 2.24) is 14.8 Å². The molecule has 0 saturated heterocycles. The first-order chi connectivity index (χ1) is 16.5. The molecule has 0 spiro atoms. The van der Waals surface area contributed by atoms with Crippen LogP contribution in [0.4, 0.5) is 5.69 Å². The van der Waals surface area contributed by atoms with Gasteiger partial charge >= 0.3 is 0 Å². The maximum absolute atomic E-state index is 12.7. The summed E-state index contributed by atoms with van der Waals surface area (Å²) in [6.45, 7) is 9.44. The molecule has 1 amide bonds. The van der Waals surface area contributed by atoms with Crippen LogP contribution in [0.3, 0.4) is 0 Å². The number of carbonyl (C=O) groups excluding carboxylic acids is 1. The highest BCUT2D eigenvalue weighted by Crippen LogP contribution is 2.29. The van der Waals surface area contributed by atoms with Crippen molar-refractivity contribution in [2.24, 2.45) is 0 Å². The van der Waals surface area contributed by atoms with Crippen LogP contribution < -0.4 is 10.1 Å². The zero-order valence-electron chi connectivity index (χ0n) is 20.0. The van der Waals surface area contributed by atoms with E-state index in [-0.39, 0.29) is 11.7 Å². The lowest BCUT2D eigenvalue weighted by Crippen LogP contribution is -2.15. The zero-order chi connectivity index (χ0) is 24.1. The molecule has 1 N–H and O–H groups in total. The topological polar surface area (TPSA) is 69.0 Å². The summed E-state index contributed by atoms with van der Waals surface area (Å²) in [5.41, 5.74) is 3.14. The molecule has 1 heterocycles. The molecule has 0 radical (unpaired) electrons. The molecule has 0 saturated carbocycles. The smallest absolute Gasteiger partial charge is 0.234 e. The minimum absolute atomic E-state index is 0.0776. The van der Waals surface area contributed by atoms with Crippen LogP contribution in [0.1, 0.15) is 43.6 Å². The van der Waals surface area contributed by atoms with E-state index in [9.17, 15) is 4.79 Å². The molecule has 4 aromatic rings. The monoisotopic (exact) mass is 474 g/mol. The highest BCUT2D eigenvalue weighted by atomic mass is 32.2. The Labute approximate surface area is 204 Å². The Morgan fingerprint density at radius 2 is 1.88 bits per heavy atom. The number of ether oxygens (including phenoxy) is 1. The standard InChI is InChI=1S/C27H30N4O2S/c1-5-31-25(16-33-24-15-19(4)13-14-21(24)18(2)3)29-30-27(31)34-17-26(32)28-23-12-8-10-20-9-6-7-11-22(20)23/h6-15,18H,5,16-17H2,1-4H3,(H,28,32). The van der Waals surface area contributed by atoms with Gasteiger partial charge in [-0.3, -0.25) is 4.79 Å². The van der Waals surface area contributed by atoms with E-state index in [4.69, 9.17) is 4.74 Å². The Morgan fingerprint density at radius 3 is 2.68 bits per heavy atom. The van der Waals surface area contributed by atoms with Gasteiger partial charge in [0.1, 0.15) is 12.4 Å². The van der Waals surface area contributed by atoms with E-state index in [0.29, 0.717) is 24.2 Å². The molecule has 0 atom stereocenters. The molecular formula is C27H30N4O2S. The molecule has 0 bridgehead atoms. The number of aromatic nitrogens is 3. The van der Waals surface area contributed by atoms with E-state index in [2.05, 4.69) is 54.5 Å². The van der Waals surface area contributed by atoms with Crippen LogP contribution in [0.5, 0.6) is 5.75 Å². The Kier molecular flexibility index (Phi) is 7.53. The van der Waals surface area contributed by atoms with Gasteiger partial charge in [0, 0.05) is 17.6 Å². The van der Waals surface area contributed by atoms with Gasteiger partial charge in [-0.2, -0.15) is 0 Å². The van der Waals surface area contributed by atoms with Crippen LogP contribution in [-0.4, -0.2) is 26.4 Å². The first kappa shape index (κ1) is 23.8. The summed E-state index contributed by atoms with van der Waals surface area (Å²) in [7, 11) is 0. The molecule has 176 valence electrons. The van der Waals surface area contributed by atoms with Gasteiger partial charge in [0.05, 0.1) is 5.75 Å². The number of rotatable bonds is 9. The largest absolute Gasteiger partial charge is 0.485 e. The molecule has 0 aliphatic rings. The van der Waals surface area contributed by atoms with Crippen molar-refractivity contribution in [2.75, 3.05) is 11.1 Å². The van der Waals surface area contributed by atoms with Crippen molar-refractivity contribution in [3.8, 4) is 5.75 Å². The SMILES string of the molecule is CCn1c(COc2cc(C)ccc2C(C)C)nnc1SCC(=O)Nc1cccc2ccccc12. The van der Waals surface area contributed by atoms with Gasteiger partial charge < -0.3 is 14.6 Å². The molecule has 0 aliphatic heterocycles. The fraction of sp³-hybridized carbons (Fsp3) is 0.296. The number of anilines is 1. The molecule has 0 fully saturated rings. The average Bonchev–Trinajstić information content (AvgIpc) is 3.23. The summed E-state index contributed by atoms with van der Waals surface area (Å²) < 4.78 is 8.16. The predicted molar refractivity (Wildman–Crippen MR) is 139 cm³/mol. The lowest BCUT2D eigenvalue weighted by molar-refractivity contribution is -0.113. The molecule has 4 rings (SSSR count). The summed E-state index contributed by atoms with van der Waals surface area (Å²) in [5, 5.41) is 14.5. The Bertz CT molecular complexity index is 1290. The quantitative estimate of drug-likeness (QED) is 0.293. The van der Waals surface area contributed by atoms with Crippen molar-refractivity contribution in [3.05, 3.63) is 77.6 Å². The number of thioether (sulfide) groups is 1. The van der Waals surface area contributed by atoms with Crippen LogP contribution in [0.15, 0.2) is 65.8 Å². The second kappa shape index (κ2) is 10.7. The first-order valence-corrected chi connectivity index (χ1v) is 12.5. The molecule has 0 aliphatic carbocycles. The van der Waals surface area contributed by atoms with Gasteiger partial charge in [0.2, 0.25) is 5.91 Å². The highest BCUT2D eigenvalue weighted by Gasteiger charge is 2.16. The maximum Gasteiger partial charge on any atom is 0.234 e. The fourth-order valence-corrected chi connectivity index (χ4v) is 4.71.